The number of ether oxygens (including phenoxy) is 1. The predicted octanol–water partition coefficient (Wildman–Crippen LogP) is 2.25. The molecule has 4 N–H and O–H groups in total. The summed E-state index contributed by atoms with van der Waals surface area (Å²) in [4.78, 5) is 10.7. The number of nitrogens with one attached hydrogen (secondary N) is 2. The number of carbonyl (C=O) groups excluding carboxylic acids is 1. The zero-order valence-corrected chi connectivity index (χ0v) is 11.8. The van der Waals surface area contributed by atoms with Gasteiger partial charge in [-0.25, -0.2) is 4.79 Å². The van der Waals surface area contributed by atoms with Gasteiger partial charge in [0.15, 0.2) is 0 Å². The highest BCUT2D eigenvalue weighted by molar-refractivity contribution is 5.87. The molecule has 0 heterocycles. The van der Waals surface area contributed by atoms with Gasteiger partial charge in [-0.15, -0.1) is 0 Å². The van der Waals surface area contributed by atoms with Crippen LogP contribution in [0.4, 0.5) is 10.5 Å². The fraction of sp³-hybridized carbons (Fsp3) is 0.500. The van der Waals surface area contributed by atoms with Crippen molar-refractivity contribution in [2.75, 3.05) is 19.0 Å². The van der Waals surface area contributed by atoms with Gasteiger partial charge in [-0.05, 0) is 31.0 Å². The molecular formula is C14H23N3O2. The normalized spacial score (nSPS) is 13.8. The van der Waals surface area contributed by atoms with E-state index in [1.807, 2.05) is 24.3 Å². The first-order valence-electron chi connectivity index (χ1n) is 6.48. The summed E-state index contributed by atoms with van der Waals surface area (Å²) < 4.78 is 5.17. The van der Waals surface area contributed by atoms with E-state index in [0.717, 1.165) is 12.0 Å². The zero-order chi connectivity index (χ0) is 14.3. The molecule has 1 aromatic rings. The fourth-order valence-electron chi connectivity index (χ4n) is 1.93. The molecule has 106 valence electrons. The molecule has 0 aromatic heterocycles. The van der Waals surface area contributed by atoms with Gasteiger partial charge in [-0.3, -0.25) is 0 Å². The molecule has 0 bridgehead atoms. The number of benzene rings is 1. The Hall–Kier alpha value is -1.59. The van der Waals surface area contributed by atoms with Gasteiger partial charge in [0, 0.05) is 24.9 Å². The van der Waals surface area contributed by atoms with Gasteiger partial charge in [0.1, 0.15) is 0 Å². The summed E-state index contributed by atoms with van der Waals surface area (Å²) in [6.07, 6.45) is 1.01. The van der Waals surface area contributed by atoms with Crippen LogP contribution in [-0.4, -0.2) is 25.8 Å². The first-order valence-corrected chi connectivity index (χ1v) is 6.48. The highest BCUT2D eigenvalue weighted by Crippen LogP contribution is 2.17. The van der Waals surface area contributed by atoms with Crippen LogP contribution in [0.5, 0.6) is 0 Å². The SMILES string of the molecule is CCC(COC)NC(C)c1ccc(NC(N)=O)cc1. The second kappa shape index (κ2) is 7.76. The molecule has 0 radical (unpaired) electrons. The largest absolute Gasteiger partial charge is 0.383 e. The van der Waals surface area contributed by atoms with Crippen LogP contribution in [0.25, 0.3) is 0 Å². The number of hydrogen-bond donors (Lipinski definition) is 3. The smallest absolute Gasteiger partial charge is 0.316 e. The van der Waals surface area contributed by atoms with Crippen molar-refractivity contribution >= 4 is 11.7 Å². The highest BCUT2D eigenvalue weighted by Gasteiger charge is 2.11. The molecule has 0 spiro atoms. The summed E-state index contributed by atoms with van der Waals surface area (Å²) in [5, 5.41) is 6.05. The van der Waals surface area contributed by atoms with Gasteiger partial charge in [-0.1, -0.05) is 19.1 Å². The second-order valence-corrected chi connectivity index (χ2v) is 4.56. The van der Waals surface area contributed by atoms with Crippen LogP contribution in [0, 0.1) is 0 Å². The minimum atomic E-state index is -0.551. The van der Waals surface area contributed by atoms with Gasteiger partial charge < -0.3 is 21.1 Å². The minimum absolute atomic E-state index is 0.225. The number of carbonyl (C=O) groups is 1. The van der Waals surface area contributed by atoms with Crippen LogP contribution >= 0.6 is 0 Å². The van der Waals surface area contributed by atoms with Crippen molar-refractivity contribution < 1.29 is 9.53 Å². The second-order valence-electron chi connectivity index (χ2n) is 4.56. The van der Waals surface area contributed by atoms with E-state index < -0.39 is 6.03 Å². The van der Waals surface area contributed by atoms with E-state index in [9.17, 15) is 4.79 Å². The lowest BCUT2D eigenvalue weighted by Gasteiger charge is -2.22. The van der Waals surface area contributed by atoms with Gasteiger partial charge in [0.2, 0.25) is 0 Å². The van der Waals surface area contributed by atoms with Crippen molar-refractivity contribution in [3.63, 3.8) is 0 Å². The first-order chi connectivity index (χ1) is 9.06. The summed E-state index contributed by atoms with van der Waals surface area (Å²) >= 11 is 0. The third-order valence-electron chi connectivity index (χ3n) is 3.02. The number of amides is 2. The van der Waals surface area contributed by atoms with Crippen LogP contribution in [0.1, 0.15) is 31.9 Å². The monoisotopic (exact) mass is 265 g/mol. The highest BCUT2D eigenvalue weighted by atomic mass is 16.5. The number of nitrogens with two attached hydrogens (primary N) is 1. The third-order valence-corrected chi connectivity index (χ3v) is 3.02. The maximum Gasteiger partial charge on any atom is 0.316 e. The molecular weight excluding hydrogens is 242 g/mol. The molecule has 0 saturated heterocycles. The summed E-state index contributed by atoms with van der Waals surface area (Å²) in [6, 6.07) is 7.65. The molecule has 0 fully saturated rings. The summed E-state index contributed by atoms with van der Waals surface area (Å²) in [6.45, 7) is 4.93. The molecule has 0 saturated carbocycles. The Bertz CT molecular complexity index is 392. The average molecular weight is 265 g/mol. The lowest BCUT2D eigenvalue weighted by Crippen LogP contribution is -2.34. The van der Waals surface area contributed by atoms with Gasteiger partial charge in [0.05, 0.1) is 6.61 Å². The Morgan fingerprint density at radius 3 is 2.47 bits per heavy atom. The molecule has 0 aliphatic heterocycles. The fourth-order valence-corrected chi connectivity index (χ4v) is 1.93. The van der Waals surface area contributed by atoms with E-state index in [4.69, 9.17) is 10.5 Å². The van der Waals surface area contributed by atoms with Crippen molar-refractivity contribution in [3.8, 4) is 0 Å². The van der Waals surface area contributed by atoms with E-state index in [2.05, 4.69) is 24.5 Å². The molecule has 5 nitrogen and oxygen atoms in total. The van der Waals surface area contributed by atoms with Crippen molar-refractivity contribution in [1.82, 2.24) is 5.32 Å². The van der Waals surface area contributed by atoms with E-state index in [1.165, 1.54) is 0 Å². The van der Waals surface area contributed by atoms with Crippen molar-refractivity contribution in [1.29, 1.82) is 0 Å². The Kier molecular flexibility index (Phi) is 6.32. The standard InChI is InChI=1S/C14H23N3O2/c1-4-12(9-19-3)16-10(2)11-5-7-13(8-6-11)17-14(15)18/h5-8,10,12,16H,4,9H2,1-3H3,(H3,15,17,18). The molecule has 19 heavy (non-hydrogen) atoms. The molecule has 2 unspecified atom stereocenters. The molecule has 1 aromatic carbocycles. The lowest BCUT2D eigenvalue weighted by molar-refractivity contribution is 0.159. The van der Waals surface area contributed by atoms with Crippen LogP contribution in [0.15, 0.2) is 24.3 Å². The van der Waals surface area contributed by atoms with E-state index in [0.29, 0.717) is 18.3 Å². The number of anilines is 1. The number of rotatable bonds is 7. The van der Waals surface area contributed by atoms with Gasteiger partial charge >= 0.3 is 6.03 Å². The topological polar surface area (TPSA) is 76.4 Å². The Morgan fingerprint density at radius 2 is 2.00 bits per heavy atom. The molecule has 2 atom stereocenters. The van der Waals surface area contributed by atoms with Gasteiger partial charge in [0.25, 0.3) is 0 Å². The molecule has 5 heteroatoms. The van der Waals surface area contributed by atoms with Crippen molar-refractivity contribution in [3.05, 3.63) is 29.8 Å². The number of hydrogen-bond acceptors (Lipinski definition) is 3. The van der Waals surface area contributed by atoms with E-state index in [-0.39, 0.29) is 6.04 Å². The molecule has 1 rings (SSSR count). The van der Waals surface area contributed by atoms with E-state index >= 15 is 0 Å². The average Bonchev–Trinajstić information content (AvgIpc) is 2.38. The summed E-state index contributed by atoms with van der Waals surface area (Å²) in [5.74, 6) is 0. The quantitative estimate of drug-likeness (QED) is 0.707. The lowest BCUT2D eigenvalue weighted by atomic mass is 10.1. The minimum Gasteiger partial charge on any atom is -0.383 e. The summed E-state index contributed by atoms with van der Waals surface area (Å²) in [5.41, 5.74) is 6.92. The number of primary amides is 1. The van der Waals surface area contributed by atoms with Crippen molar-refractivity contribution in [2.24, 2.45) is 5.73 Å². The van der Waals surface area contributed by atoms with Crippen LogP contribution in [0.2, 0.25) is 0 Å². The van der Waals surface area contributed by atoms with Crippen molar-refractivity contribution in [2.45, 2.75) is 32.4 Å². The summed E-state index contributed by atoms with van der Waals surface area (Å²) in [7, 11) is 1.71. The maximum absolute atomic E-state index is 10.7. The molecule has 2 amide bonds. The van der Waals surface area contributed by atoms with Crippen LogP contribution in [0.3, 0.4) is 0 Å². The number of urea groups is 1. The van der Waals surface area contributed by atoms with E-state index in [1.54, 1.807) is 7.11 Å². The zero-order valence-electron chi connectivity index (χ0n) is 11.8. The Morgan fingerprint density at radius 1 is 1.37 bits per heavy atom. The number of methoxy groups -OCH3 is 1. The third kappa shape index (κ3) is 5.28. The van der Waals surface area contributed by atoms with Crippen LogP contribution in [-0.2, 0) is 4.74 Å². The maximum atomic E-state index is 10.7. The Balaban J connectivity index is 2.61. The van der Waals surface area contributed by atoms with Crippen LogP contribution < -0.4 is 16.4 Å². The molecule has 0 aliphatic carbocycles. The predicted molar refractivity (Wildman–Crippen MR) is 77.2 cm³/mol. The van der Waals surface area contributed by atoms with Gasteiger partial charge in [-0.2, -0.15) is 0 Å². The molecule has 0 aliphatic rings. The first kappa shape index (κ1) is 15.5. The Labute approximate surface area is 114 Å².